The zero-order chi connectivity index (χ0) is 20.9. The molecule has 8 heteroatoms. The van der Waals surface area contributed by atoms with Gasteiger partial charge in [-0.25, -0.2) is 8.42 Å². The number of nitrogens with zero attached hydrogens (tertiary/aromatic N) is 2. The largest absolute Gasteiger partial charge is 0.484 e. The van der Waals surface area contributed by atoms with Crippen LogP contribution in [0.4, 0.5) is 0 Å². The van der Waals surface area contributed by atoms with E-state index in [1.807, 2.05) is 24.3 Å². The first-order valence-corrected chi connectivity index (χ1v) is 11.5. The van der Waals surface area contributed by atoms with E-state index in [2.05, 4.69) is 6.92 Å². The average molecular weight is 437 g/mol. The van der Waals surface area contributed by atoms with Gasteiger partial charge in [0.15, 0.2) is 6.61 Å². The quantitative estimate of drug-likeness (QED) is 0.668. The highest BCUT2D eigenvalue weighted by atomic mass is 35.5. The van der Waals surface area contributed by atoms with Crippen molar-refractivity contribution in [3.8, 4) is 5.75 Å². The van der Waals surface area contributed by atoms with Crippen molar-refractivity contribution < 1.29 is 17.9 Å². The Balaban J connectivity index is 1.50. The molecule has 1 aliphatic heterocycles. The van der Waals surface area contributed by atoms with Crippen LogP contribution < -0.4 is 4.74 Å². The van der Waals surface area contributed by atoms with E-state index in [1.54, 1.807) is 17.0 Å². The van der Waals surface area contributed by atoms with Crippen LogP contribution in [0.2, 0.25) is 5.02 Å². The number of carbonyl (C=O) groups is 1. The van der Waals surface area contributed by atoms with Crippen LogP contribution in [0.3, 0.4) is 0 Å². The van der Waals surface area contributed by atoms with Crippen molar-refractivity contribution in [2.75, 3.05) is 32.8 Å². The lowest BCUT2D eigenvalue weighted by molar-refractivity contribution is -0.134. The number of rotatable bonds is 7. The molecular weight excluding hydrogens is 412 g/mol. The Morgan fingerprint density at radius 3 is 2.21 bits per heavy atom. The first-order valence-electron chi connectivity index (χ1n) is 9.65. The fourth-order valence-corrected chi connectivity index (χ4v) is 4.76. The van der Waals surface area contributed by atoms with Gasteiger partial charge in [-0.15, -0.1) is 0 Å². The van der Waals surface area contributed by atoms with Crippen molar-refractivity contribution >= 4 is 27.5 Å². The highest BCUT2D eigenvalue weighted by Crippen LogP contribution is 2.20. The third kappa shape index (κ3) is 5.50. The van der Waals surface area contributed by atoms with Crippen molar-refractivity contribution in [2.24, 2.45) is 0 Å². The van der Waals surface area contributed by atoms with E-state index in [0.29, 0.717) is 23.9 Å². The van der Waals surface area contributed by atoms with Crippen molar-refractivity contribution in [2.45, 2.75) is 24.7 Å². The number of carbonyl (C=O) groups excluding carboxylic acids is 1. The fourth-order valence-electron chi connectivity index (χ4n) is 3.21. The normalized spacial score (nSPS) is 15.3. The van der Waals surface area contributed by atoms with Gasteiger partial charge in [0.05, 0.1) is 4.90 Å². The summed E-state index contributed by atoms with van der Waals surface area (Å²) >= 11 is 5.83. The number of hydrogen-bond acceptors (Lipinski definition) is 4. The molecule has 0 aliphatic carbocycles. The van der Waals surface area contributed by atoms with Gasteiger partial charge in [-0.05, 0) is 48.4 Å². The topological polar surface area (TPSA) is 66.9 Å². The third-order valence-corrected chi connectivity index (χ3v) is 7.03. The minimum Gasteiger partial charge on any atom is -0.484 e. The highest BCUT2D eigenvalue weighted by Gasteiger charge is 2.30. The molecular formula is C21H25ClN2O4S. The second-order valence-corrected chi connectivity index (χ2v) is 9.30. The van der Waals surface area contributed by atoms with Gasteiger partial charge in [0, 0.05) is 31.2 Å². The first kappa shape index (κ1) is 21.6. The summed E-state index contributed by atoms with van der Waals surface area (Å²) in [6.07, 6.45) is 2.10. The molecule has 0 bridgehead atoms. The summed E-state index contributed by atoms with van der Waals surface area (Å²) in [6, 6.07) is 13.8. The lowest BCUT2D eigenvalue weighted by Crippen LogP contribution is -2.51. The molecule has 1 heterocycles. The molecule has 0 aromatic heterocycles. The van der Waals surface area contributed by atoms with Crippen molar-refractivity contribution in [3.05, 3.63) is 59.1 Å². The summed E-state index contributed by atoms with van der Waals surface area (Å²) in [5.41, 5.74) is 1.24. The Bertz CT molecular complexity index is 922. The third-order valence-electron chi connectivity index (χ3n) is 4.87. The van der Waals surface area contributed by atoms with Gasteiger partial charge >= 0.3 is 0 Å². The van der Waals surface area contributed by atoms with Gasteiger partial charge in [-0.3, -0.25) is 4.79 Å². The molecule has 1 fully saturated rings. The van der Waals surface area contributed by atoms with Gasteiger partial charge in [-0.1, -0.05) is 37.1 Å². The zero-order valence-electron chi connectivity index (χ0n) is 16.4. The second-order valence-electron chi connectivity index (χ2n) is 6.92. The number of sulfonamides is 1. The van der Waals surface area contributed by atoms with Gasteiger partial charge < -0.3 is 9.64 Å². The van der Waals surface area contributed by atoms with Crippen LogP contribution in [0.5, 0.6) is 5.75 Å². The molecule has 1 amide bonds. The van der Waals surface area contributed by atoms with Gasteiger partial charge in [0.1, 0.15) is 5.75 Å². The summed E-state index contributed by atoms with van der Waals surface area (Å²) in [4.78, 5) is 14.3. The van der Waals surface area contributed by atoms with Crippen LogP contribution in [-0.2, 0) is 21.2 Å². The molecule has 156 valence electrons. The number of amides is 1. The second kappa shape index (κ2) is 9.61. The van der Waals surface area contributed by atoms with E-state index >= 15 is 0 Å². The predicted octanol–water partition coefficient (Wildman–Crippen LogP) is 3.20. The molecule has 1 saturated heterocycles. The molecule has 6 nitrogen and oxygen atoms in total. The van der Waals surface area contributed by atoms with Crippen LogP contribution in [0, 0.1) is 0 Å². The molecule has 0 radical (unpaired) electrons. The van der Waals surface area contributed by atoms with Crippen LogP contribution in [0.15, 0.2) is 53.4 Å². The van der Waals surface area contributed by atoms with E-state index in [4.69, 9.17) is 16.3 Å². The number of hydrogen-bond donors (Lipinski definition) is 0. The highest BCUT2D eigenvalue weighted by molar-refractivity contribution is 7.89. The average Bonchev–Trinajstić information content (AvgIpc) is 2.73. The molecule has 0 saturated carbocycles. The van der Waals surface area contributed by atoms with E-state index in [1.165, 1.54) is 22.0 Å². The van der Waals surface area contributed by atoms with Crippen molar-refractivity contribution in [1.29, 1.82) is 0 Å². The van der Waals surface area contributed by atoms with E-state index in [0.717, 1.165) is 12.8 Å². The van der Waals surface area contributed by atoms with Crippen LogP contribution in [-0.4, -0.2) is 56.3 Å². The predicted molar refractivity (Wildman–Crippen MR) is 113 cm³/mol. The maximum absolute atomic E-state index is 12.7. The Labute approximate surface area is 177 Å². The van der Waals surface area contributed by atoms with Crippen LogP contribution in [0.1, 0.15) is 18.9 Å². The van der Waals surface area contributed by atoms with Crippen molar-refractivity contribution in [3.63, 3.8) is 0 Å². The minimum atomic E-state index is -3.59. The van der Waals surface area contributed by atoms with Crippen molar-refractivity contribution in [1.82, 2.24) is 9.21 Å². The molecule has 2 aromatic rings. The van der Waals surface area contributed by atoms with E-state index in [9.17, 15) is 13.2 Å². The Kier molecular flexibility index (Phi) is 7.16. The van der Waals surface area contributed by atoms with E-state index in [-0.39, 0.29) is 30.5 Å². The molecule has 0 unspecified atom stereocenters. The monoisotopic (exact) mass is 436 g/mol. The number of benzene rings is 2. The van der Waals surface area contributed by atoms with Gasteiger partial charge in [-0.2, -0.15) is 4.31 Å². The maximum atomic E-state index is 12.7. The molecule has 1 aliphatic rings. The number of aryl methyl sites for hydroxylation is 1. The smallest absolute Gasteiger partial charge is 0.260 e. The Morgan fingerprint density at radius 2 is 1.62 bits per heavy atom. The van der Waals surface area contributed by atoms with Gasteiger partial charge in [0.2, 0.25) is 10.0 Å². The lowest BCUT2D eigenvalue weighted by Gasteiger charge is -2.34. The SMILES string of the molecule is CCCc1ccc(OCC(=O)N2CCN(S(=O)(=O)c3ccc(Cl)cc3)CC2)cc1. The molecule has 3 rings (SSSR count). The van der Waals surface area contributed by atoms with Gasteiger partial charge in [0.25, 0.3) is 5.91 Å². The summed E-state index contributed by atoms with van der Waals surface area (Å²) < 4.78 is 32.4. The molecule has 29 heavy (non-hydrogen) atoms. The molecule has 0 spiro atoms. The Morgan fingerprint density at radius 1 is 1.00 bits per heavy atom. The standard InChI is InChI=1S/C21H25ClN2O4S/c1-2-3-17-4-8-19(9-5-17)28-16-21(25)23-12-14-24(15-13-23)29(26,27)20-10-6-18(22)7-11-20/h4-11H,2-3,12-16H2,1H3. The van der Waals surface area contributed by atoms with E-state index < -0.39 is 10.0 Å². The van der Waals surface area contributed by atoms with Crippen LogP contribution in [0.25, 0.3) is 0 Å². The Hall–Kier alpha value is -2.09. The number of ether oxygens (including phenoxy) is 1. The number of piperazine rings is 1. The fraction of sp³-hybridized carbons (Fsp3) is 0.381. The molecule has 0 N–H and O–H groups in total. The lowest BCUT2D eigenvalue weighted by atomic mass is 10.1. The summed E-state index contributed by atoms with van der Waals surface area (Å²) in [7, 11) is -3.59. The summed E-state index contributed by atoms with van der Waals surface area (Å²) in [6.45, 7) is 3.25. The molecule has 2 aromatic carbocycles. The first-order chi connectivity index (χ1) is 13.9. The minimum absolute atomic E-state index is 0.0585. The molecule has 0 atom stereocenters. The van der Waals surface area contributed by atoms with Crippen LogP contribution >= 0.6 is 11.6 Å². The number of halogens is 1. The zero-order valence-corrected chi connectivity index (χ0v) is 18.0. The summed E-state index contributed by atoms with van der Waals surface area (Å²) in [5.74, 6) is 0.508. The maximum Gasteiger partial charge on any atom is 0.260 e. The summed E-state index contributed by atoms with van der Waals surface area (Å²) in [5, 5.41) is 0.486.